The Kier molecular flexibility index (Phi) is 6.13. The summed E-state index contributed by atoms with van der Waals surface area (Å²) in [7, 11) is 0. The molecule has 5 aromatic carbocycles. The minimum absolute atomic E-state index is 0.0893. The predicted molar refractivity (Wildman–Crippen MR) is 141 cm³/mol. The Labute approximate surface area is 227 Å². The van der Waals surface area contributed by atoms with Gasteiger partial charge in [0.1, 0.15) is 0 Å². The highest BCUT2D eigenvalue weighted by atomic mass is 19.4. The van der Waals surface area contributed by atoms with E-state index >= 15 is 0 Å². The molecule has 0 aliphatic rings. The van der Waals surface area contributed by atoms with Crippen LogP contribution < -0.4 is 0 Å². The van der Waals surface area contributed by atoms with Crippen molar-refractivity contribution in [3.63, 3.8) is 0 Å². The van der Waals surface area contributed by atoms with Gasteiger partial charge in [0.25, 0.3) is 0 Å². The molecule has 0 radical (unpaired) electrons. The zero-order chi connectivity index (χ0) is 29.2. The molecule has 6 aromatic rings. The lowest BCUT2D eigenvalue weighted by molar-refractivity contribution is -0.137. The van der Waals surface area contributed by atoms with E-state index in [0.717, 1.165) is 17.2 Å². The quantitative estimate of drug-likeness (QED) is 0.114. The van der Waals surface area contributed by atoms with Crippen LogP contribution in [0.1, 0.15) is 11.1 Å². The molecule has 0 spiro atoms. The Morgan fingerprint density at radius 2 is 1.12 bits per heavy atom. The third-order valence-corrected chi connectivity index (χ3v) is 7.11. The molecule has 206 valence electrons. The Balaban J connectivity index is 1.68. The van der Waals surface area contributed by atoms with Crippen LogP contribution in [0.2, 0.25) is 0 Å². The first-order valence-electron chi connectivity index (χ1n) is 12.3. The Morgan fingerprint density at radius 3 is 1.78 bits per heavy atom. The topological polar surface area (TPSA) is 4.93 Å². The molecule has 0 fully saturated rings. The van der Waals surface area contributed by atoms with Crippen LogP contribution in [0, 0.1) is 36.0 Å². The summed E-state index contributed by atoms with van der Waals surface area (Å²) in [5.74, 6) is -11.3. The molecule has 0 atom stereocenters. The van der Waals surface area contributed by atoms with Crippen molar-refractivity contribution in [3.05, 3.63) is 125 Å². The van der Waals surface area contributed by atoms with Crippen LogP contribution in [-0.4, -0.2) is 4.57 Å². The monoisotopic (exact) mass is 567 g/mol. The predicted octanol–water partition coefficient (Wildman–Crippen LogP) is 10.1. The number of rotatable bonds is 3. The molecular weight excluding hydrogens is 550 g/mol. The lowest BCUT2D eigenvalue weighted by Gasteiger charge is -2.20. The van der Waals surface area contributed by atoms with Gasteiger partial charge in [-0.15, -0.1) is 0 Å². The van der Waals surface area contributed by atoms with E-state index in [1.807, 2.05) is 36.4 Å². The summed E-state index contributed by atoms with van der Waals surface area (Å²) < 4.78 is 116. The van der Waals surface area contributed by atoms with E-state index in [2.05, 4.69) is 0 Å². The normalized spacial score (nSPS) is 12.0. The van der Waals surface area contributed by atoms with Crippen LogP contribution in [0.15, 0.2) is 84.9 Å². The third kappa shape index (κ3) is 4.15. The Morgan fingerprint density at radius 1 is 0.537 bits per heavy atom. The number of benzene rings is 5. The molecule has 0 unspecified atom stereocenters. The van der Waals surface area contributed by atoms with Crippen LogP contribution >= 0.6 is 0 Å². The van der Waals surface area contributed by atoms with Crippen molar-refractivity contribution >= 4 is 21.8 Å². The van der Waals surface area contributed by atoms with Gasteiger partial charge in [0.15, 0.2) is 23.3 Å². The van der Waals surface area contributed by atoms with Crippen molar-refractivity contribution < 1.29 is 35.1 Å². The lowest BCUT2D eigenvalue weighted by atomic mass is 9.96. The second-order valence-electron chi connectivity index (χ2n) is 9.58. The number of aryl methyl sites for hydroxylation is 1. The van der Waals surface area contributed by atoms with Crippen molar-refractivity contribution in [3.8, 4) is 27.9 Å². The smallest absolute Gasteiger partial charge is 0.308 e. The van der Waals surface area contributed by atoms with Crippen LogP contribution in [-0.2, 0) is 6.18 Å². The number of halogens is 8. The van der Waals surface area contributed by atoms with Crippen LogP contribution in [0.25, 0.3) is 49.7 Å². The molecule has 0 saturated carbocycles. The minimum atomic E-state index is -5.05. The molecule has 0 aliphatic heterocycles. The fraction of sp³-hybridized carbons (Fsp3) is 0.0625. The second kappa shape index (κ2) is 9.47. The molecule has 0 bridgehead atoms. The molecule has 0 saturated heterocycles. The molecular formula is C32H17F8N. The third-order valence-electron chi connectivity index (χ3n) is 7.11. The van der Waals surface area contributed by atoms with E-state index in [4.69, 9.17) is 0 Å². The van der Waals surface area contributed by atoms with E-state index < -0.39 is 52.0 Å². The van der Waals surface area contributed by atoms with Gasteiger partial charge in [-0.3, -0.25) is 0 Å². The number of hydrogen-bond donors (Lipinski definition) is 0. The summed E-state index contributed by atoms with van der Waals surface area (Å²) in [6.45, 7) is 1.29. The van der Waals surface area contributed by atoms with E-state index in [0.29, 0.717) is 27.9 Å². The number of alkyl halides is 3. The minimum Gasteiger partial charge on any atom is -0.308 e. The number of aromatic nitrogens is 1. The molecule has 41 heavy (non-hydrogen) atoms. The lowest BCUT2D eigenvalue weighted by Crippen LogP contribution is -2.13. The molecule has 0 aliphatic carbocycles. The number of para-hydroxylation sites is 1. The zero-order valence-electron chi connectivity index (χ0n) is 21.1. The zero-order valence-corrected chi connectivity index (χ0v) is 21.1. The summed E-state index contributed by atoms with van der Waals surface area (Å²) in [6, 6.07) is 23.0. The van der Waals surface area contributed by atoms with Gasteiger partial charge >= 0.3 is 6.18 Å². The average molecular weight is 567 g/mol. The molecule has 6 rings (SSSR count). The summed E-state index contributed by atoms with van der Waals surface area (Å²) in [6.07, 6.45) is -5.05. The first-order chi connectivity index (χ1) is 19.5. The van der Waals surface area contributed by atoms with E-state index in [1.165, 1.54) is 11.5 Å². The van der Waals surface area contributed by atoms with Gasteiger partial charge in [-0.2, -0.15) is 13.2 Å². The molecule has 0 amide bonds. The van der Waals surface area contributed by atoms with Crippen molar-refractivity contribution in [2.24, 2.45) is 0 Å². The summed E-state index contributed by atoms with van der Waals surface area (Å²) in [5.41, 5.74) is -1.33. The van der Waals surface area contributed by atoms with Gasteiger partial charge in [0.2, 0.25) is 5.82 Å². The fourth-order valence-electron chi connectivity index (χ4n) is 5.32. The maximum absolute atomic E-state index is 14.6. The second-order valence-corrected chi connectivity index (χ2v) is 9.58. The van der Waals surface area contributed by atoms with E-state index in [9.17, 15) is 35.1 Å². The van der Waals surface area contributed by atoms with E-state index in [1.54, 1.807) is 36.4 Å². The SMILES string of the molecule is Cc1cc(-c2c(F)c(F)c(F)c(F)c2F)cc(C(F)(F)F)c1-n1c2ccccc2c2cc(-c3ccccc3)ccc21. The van der Waals surface area contributed by atoms with Gasteiger partial charge in [-0.25, -0.2) is 22.0 Å². The van der Waals surface area contributed by atoms with E-state index in [-0.39, 0.29) is 11.3 Å². The largest absolute Gasteiger partial charge is 0.418 e. The summed E-state index contributed by atoms with van der Waals surface area (Å²) in [4.78, 5) is 0. The molecule has 1 aromatic heterocycles. The molecule has 1 heterocycles. The highest BCUT2D eigenvalue weighted by molar-refractivity contribution is 6.10. The number of hydrogen-bond acceptors (Lipinski definition) is 0. The summed E-state index contributed by atoms with van der Waals surface area (Å²) in [5, 5.41) is 1.33. The average Bonchev–Trinajstić information content (AvgIpc) is 3.28. The van der Waals surface area contributed by atoms with Gasteiger partial charge in [0, 0.05) is 10.8 Å². The Bertz CT molecular complexity index is 1960. The summed E-state index contributed by atoms with van der Waals surface area (Å²) >= 11 is 0. The van der Waals surface area contributed by atoms with Crippen LogP contribution in [0.3, 0.4) is 0 Å². The van der Waals surface area contributed by atoms with Crippen molar-refractivity contribution in [2.75, 3.05) is 0 Å². The van der Waals surface area contributed by atoms with Gasteiger partial charge < -0.3 is 4.57 Å². The van der Waals surface area contributed by atoms with Crippen molar-refractivity contribution in [1.82, 2.24) is 4.57 Å². The first-order valence-corrected chi connectivity index (χ1v) is 12.3. The highest BCUT2D eigenvalue weighted by Gasteiger charge is 2.37. The maximum atomic E-state index is 14.6. The van der Waals surface area contributed by atoms with Crippen molar-refractivity contribution in [2.45, 2.75) is 13.1 Å². The van der Waals surface area contributed by atoms with Gasteiger partial charge in [-0.1, -0.05) is 54.6 Å². The van der Waals surface area contributed by atoms with Crippen LogP contribution in [0.5, 0.6) is 0 Å². The Hall–Kier alpha value is -4.66. The van der Waals surface area contributed by atoms with Gasteiger partial charge in [-0.05, 0) is 59.5 Å². The number of fused-ring (bicyclic) bond motifs is 3. The highest BCUT2D eigenvalue weighted by Crippen LogP contribution is 2.44. The molecule has 1 nitrogen and oxygen atoms in total. The van der Waals surface area contributed by atoms with Crippen LogP contribution in [0.4, 0.5) is 35.1 Å². The molecule has 0 N–H and O–H groups in total. The standard InChI is InChI=1S/C32H17F8N/c1-16-13-19(25-26(33)28(35)30(37)29(36)27(25)34)15-22(32(38,39)40)31(16)41-23-10-6-5-9-20(23)21-14-18(11-12-24(21)41)17-7-3-2-4-8-17/h2-15H,1H3. The van der Waals surface area contributed by atoms with Crippen molar-refractivity contribution in [1.29, 1.82) is 0 Å². The van der Waals surface area contributed by atoms with Gasteiger partial charge in [0.05, 0.1) is 27.8 Å². The maximum Gasteiger partial charge on any atom is 0.418 e. The fourth-order valence-corrected chi connectivity index (χ4v) is 5.32. The first kappa shape index (κ1) is 26.6. The molecule has 9 heteroatoms. The number of nitrogens with zero attached hydrogens (tertiary/aromatic N) is 1.